The first-order valence-corrected chi connectivity index (χ1v) is 16.6. The highest BCUT2D eigenvalue weighted by atomic mass is 32.2. The van der Waals surface area contributed by atoms with Gasteiger partial charge in [0.1, 0.15) is 18.1 Å². The quantitative estimate of drug-likeness (QED) is 0.167. The van der Waals surface area contributed by atoms with E-state index >= 15 is 0 Å². The maximum atomic E-state index is 12.0. The number of para-hydroxylation sites is 2. The minimum Gasteiger partial charge on any atom is -0.492 e. The third kappa shape index (κ3) is 8.15. The number of rotatable bonds is 14. The first-order chi connectivity index (χ1) is 19.8. The monoisotopic (exact) mass is 616 g/mol. The lowest BCUT2D eigenvalue weighted by molar-refractivity contribution is 0.0686. The Kier molecular flexibility index (Phi) is 9.29. The Hall–Kier alpha value is -4.27. The van der Waals surface area contributed by atoms with Crippen molar-refractivity contribution in [3.8, 4) is 5.75 Å². The fourth-order valence-electron chi connectivity index (χ4n) is 4.53. The maximum Gasteiger partial charge on any atom is 0.352 e. The summed E-state index contributed by atoms with van der Waals surface area (Å²) in [4.78, 5) is 13.8. The molecule has 4 aromatic rings. The number of nitrogens with one attached hydrogen (secondary N) is 2. The molecule has 14 heteroatoms. The zero-order chi connectivity index (χ0) is 30.5. The van der Waals surface area contributed by atoms with E-state index in [1.807, 2.05) is 0 Å². The maximum absolute atomic E-state index is 12.0. The van der Waals surface area contributed by atoms with E-state index in [-0.39, 0.29) is 32.0 Å². The van der Waals surface area contributed by atoms with Crippen LogP contribution in [-0.4, -0.2) is 76.4 Å². The van der Waals surface area contributed by atoms with Crippen LogP contribution in [0.4, 0.5) is 17.1 Å². The third-order valence-electron chi connectivity index (χ3n) is 6.23. The van der Waals surface area contributed by atoms with E-state index in [2.05, 4.69) is 9.44 Å². The second kappa shape index (κ2) is 12.7. The van der Waals surface area contributed by atoms with E-state index in [0.717, 1.165) is 18.1 Å². The number of anilines is 3. The molecule has 224 valence electrons. The van der Waals surface area contributed by atoms with Gasteiger partial charge in [0.2, 0.25) is 20.0 Å². The molecule has 0 amide bonds. The van der Waals surface area contributed by atoms with E-state index in [1.165, 1.54) is 0 Å². The normalized spacial score (nSPS) is 11.8. The smallest absolute Gasteiger partial charge is 0.352 e. The number of hydrogen-bond donors (Lipinski definition) is 4. The molecule has 0 bridgehead atoms. The summed E-state index contributed by atoms with van der Waals surface area (Å²) in [6.45, 7) is 0.836. The Morgan fingerprint density at radius 1 is 0.905 bits per heavy atom. The molecule has 4 N–H and O–H groups in total. The van der Waals surface area contributed by atoms with Gasteiger partial charge in [-0.15, -0.1) is 0 Å². The lowest BCUT2D eigenvalue weighted by Gasteiger charge is -2.26. The molecule has 0 radical (unpaired) electrons. The van der Waals surface area contributed by atoms with Gasteiger partial charge in [-0.3, -0.25) is 9.44 Å². The number of nitrogens with zero attached hydrogens (tertiary/aromatic N) is 2. The Balaban J connectivity index is 1.54. The van der Waals surface area contributed by atoms with Crippen LogP contribution in [0, 0.1) is 0 Å². The summed E-state index contributed by atoms with van der Waals surface area (Å²) in [7, 11) is -6.94. The third-order valence-corrected chi connectivity index (χ3v) is 7.43. The average molecular weight is 617 g/mol. The molecule has 1 aromatic heterocycles. The number of carbonyl (C=O) groups is 1. The van der Waals surface area contributed by atoms with Gasteiger partial charge in [-0.25, -0.2) is 21.6 Å². The van der Waals surface area contributed by atoms with E-state index in [9.17, 15) is 31.8 Å². The van der Waals surface area contributed by atoms with Crippen molar-refractivity contribution in [2.45, 2.75) is 6.54 Å². The summed E-state index contributed by atoms with van der Waals surface area (Å²) in [5, 5.41) is 20.2. The van der Waals surface area contributed by atoms with E-state index in [4.69, 9.17) is 4.74 Å². The number of aliphatic hydroxyl groups is 1. The number of ether oxygens (including phenoxy) is 1. The second-order valence-corrected chi connectivity index (χ2v) is 13.2. The molecule has 0 aliphatic rings. The van der Waals surface area contributed by atoms with Crippen molar-refractivity contribution in [1.29, 1.82) is 0 Å². The van der Waals surface area contributed by atoms with Crippen molar-refractivity contribution in [3.05, 3.63) is 84.1 Å². The predicted octanol–water partition coefficient (Wildman–Crippen LogP) is 3.01. The Bertz CT molecular complexity index is 1790. The van der Waals surface area contributed by atoms with Crippen LogP contribution in [0.1, 0.15) is 16.1 Å². The molecule has 0 aliphatic carbocycles. The fourth-order valence-corrected chi connectivity index (χ4v) is 5.67. The molecule has 0 saturated carbocycles. The molecule has 0 saturated heterocycles. The van der Waals surface area contributed by atoms with Crippen molar-refractivity contribution in [3.63, 3.8) is 0 Å². The molecule has 4 rings (SSSR count). The number of aliphatic hydroxyl groups excluding tert-OH is 1. The topological polar surface area (TPSA) is 167 Å². The lowest BCUT2D eigenvalue weighted by Crippen LogP contribution is -2.32. The molecule has 1 heterocycles. The van der Waals surface area contributed by atoms with Gasteiger partial charge in [-0.1, -0.05) is 24.3 Å². The zero-order valence-corrected chi connectivity index (χ0v) is 24.7. The van der Waals surface area contributed by atoms with Crippen molar-refractivity contribution in [1.82, 2.24) is 4.57 Å². The van der Waals surface area contributed by atoms with E-state index in [0.29, 0.717) is 40.3 Å². The molecular weight excluding hydrogens is 584 g/mol. The van der Waals surface area contributed by atoms with Gasteiger partial charge in [0.05, 0.1) is 42.6 Å². The van der Waals surface area contributed by atoms with Gasteiger partial charge in [-0.05, 0) is 48.0 Å². The minimum atomic E-state index is -3.51. The van der Waals surface area contributed by atoms with Crippen LogP contribution in [-0.2, 0) is 26.6 Å². The van der Waals surface area contributed by atoms with Crippen molar-refractivity contribution in [2.24, 2.45) is 0 Å². The molecule has 42 heavy (non-hydrogen) atoms. The molecule has 0 aliphatic heterocycles. The summed E-state index contributed by atoms with van der Waals surface area (Å²) in [6, 6.07) is 20.4. The molecule has 12 nitrogen and oxygen atoms in total. The summed E-state index contributed by atoms with van der Waals surface area (Å²) in [5.41, 5.74) is 2.87. The summed E-state index contributed by atoms with van der Waals surface area (Å²) in [6.07, 6.45) is 2.13. The molecule has 0 atom stereocenters. The first kappa shape index (κ1) is 30.7. The number of hydrogen-bond acceptors (Lipinski definition) is 8. The Morgan fingerprint density at radius 3 is 2.24 bits per heavy atom. The van der Waals surface area contributed by atoms with Gasteiger partial charge in [0.15, 0.2) is 0 Å². The summed E-state index contributed by atoms with van der Waals surface area (Å²) < 4.78 is 59.2. The van der Waals surface area contributed by atoms with Crippen LogP contribution in [0.2, 0.25) is 0 Å². The SMILES string of the molecule is CS(=O)(=O)Nc1ccc(Cn2c(C(=O)O)cc3ccc(OCCN(CCO)c4ccccc4NS(C)(=O)=O)cc32)cc1. The Labute approximate surface area is 244 Å². The lowest BCUT2D eigenvalue weighted by atomic mass is 10.2. The number of benzene rings is 3. The molecule has 0 spiro atoms. The van der Waals surface area contributed by atoms with Gasteiger partial charge >= 0.3 is 5.97 Å². The van der Waals surface area contributed by atoms with Crippen LogP contribution < -0.4 is 19.1 Å². The fraction of sp³-hybridized carbons (Fsp3) is 0.250. The number of sulfonamides is 2. The minimum absolute atomic E-state index is 0.0876. The van der Waals surface area contributed by atoms with Crippen LogP contribution in [0.3, 0.4) is 0 Å². The second-order valence-electron chi connectivity index (χ2n) is 9.66. The molecule has 0 unspecified atom stereocenters. The average Bonchev–Trinajstić information content (AvgIpc) is 3.26. The highest BCUT2D eigenvalue weighted by molar-refractivity contribution is 7.92. The highest BCUT2D eigenvalue weighted by Crippen LogP contribution is 2.28. The zero-order valence-electron chi connectivity index (χ0n) is 23.0. The first-order valence-electron chi connectivity index (χ1n) is 12.8. The van der Waals surface area contributed by atoms with E-state index < -0.39 is 26.0 Å². The van der Waals surface area contributed by atoms with Crippen molar-refractivity contribution >= 4 is 54.0 Å². The van der Waals surface area contributed by atoms with Crippen LogP contribution in [0.15, 0.2) is 72.8 Å². The molecule has 3 aromatic carbocycles. The van der Waals surface area contributed by atoms with Gasteiger partial charge in [0, 0.05) is 30.2 Å². The predicted molar refractivity (Wildman–Crippen MR) is 163 cm³/mol. The summed E-state index contributed by atoms with van der Waals surface area (Å²) in [5.74, 6) is -0.594. The van der Waals surface area contributed by atoms with Gasteiger partial charge < -0.3 is 24.4 Å². The molecule has 0 fully saturated rings. The van der Waals surface area contributed by atoms with Gasteiger partial charge in [0.25, 0.3) is 0 Å². The summed E-state index contributed by atoms with van der Waals surface area (Å²) >= 11 is 0. The standard InChI is InChI=1S/C28H32N4O8S2/c1-41(36,37)29-22-10-7-20(8-11-22)19-32-26-18-23(12-9-21(26)17-27(32)28(34)35)40-16-14-31(13-15-33)25-6-4-3-5-24(25)30-42(2,38)39/h3-12,17-18,29-30,33H,13-16,19H2,1-2H3,(H,34,35). The number of carboxylic acid groups (broad SMARTS) is 1. The van der Waals surface area contributed by atoms with Gasteiger partial charge in [-0.2, -0.15) is 0 Å². The highest BCUT2D eigenvalue weighted by Gasteiger charge is 2.17. The number of aromatic nitrogens is 1. The Morgan fingerprint density at radius 2 is 1.60 bits per heavy atom. The molecular formula is C28H32N4O8S2. The number of fused-ring (bicyclic) bond motifs is 1. The number of aromatic carboxylic acids is 1. The largest absolute Gasteiger partial charge is 0.492 e. The van der Waals surface area contributed by atoms with Crippen molar-refractivity contribution < 1.29 is 36.6 Å². The van der Waals surface area contributed by atoms with Crippen LogP contribution >= 0.6 is 0 Å². The van der Waals surface area contributed by atoms with Crippen molar-refractivity contribution in [2.75, 3.05) is 53.2 Å². The van der Waals surface area contributed by atoms with Crippen LogP contribution in [0.25, 0.3) is 10.9 Å². The van der Waals surface area contributed by atoms with E-state index in [1.54, 1.807) is 82.3 Å². The van der Waals surface area contributed by atoms with Crippen LogP contribution in [0.5, 0.6) is 5.75 Å². The number of carboxylic acids is 1.